The van der Waals surface area contributed by atoms with Gasteiger partial charge in [-0.25, -0.2) is 0 Å². The number of rotatable bonds is 2. The number of nitrogens with zero attached hydrogens (tertiary/aromatic N) is 1. The number of nitrogens with one attached hydrogen (secondary N) is 1. The average Bonchev–Trinajstić information content (AvgIpc) is 2.56. The minimum atomic E-state index is -0.203. The first-order chi connectivity index (χ1) is 11.5. The Hall–Kier alpha value is -1.30. The first-order valence-corrected chi connectivity index (χ1v) is 9.96. The highest BCUT2D eigenvalue weighted by Crippen LogP contribution is 2.36. The van der Waals surface area contributed by atoms with Crippen molar-refractivity contribution in [2.75, 3.05) is 5.32 Å². The molecule has 0 saturated heterocycles. The molecule has 6 heteroatoms. The summed E-state index contributed by atoms with van der Waals surface area (Å²) in [4.78, 5) is 12.6. The first-order valence-electron chi connectivity index (χ1n) is 7.66. The van der Waals surface area contributed by atoms with Gasteiger partial charge in [-0.1, -0.05) is 31.3 Å². The van der Waals surface area contributed by atoms with Crippen LogP contribution in [0, 0.1) is 24.6 Å². The molecule has 0 radical (unpaired) electrons. The van der Waals surface area contributed by atoms with Gasteiger partial charge in [0.15, 0.2) is 0 Å². The highest BCUT2D eigenvalue weighted by atomic mass is 127. The van der Waals surface area contributed by atoms with E-state index in [-0.39, 0.29) is 5.91 Å². The highest BCUT2D eigenvalue weighted by molar-refractivity contribution is 14.1. The Morgan fingerprint density at radius 1 is 1.42 bits per heavy atom. The van der Waals surface area contributed by atoms with E-state index in [0.29, 0.717) is 22.0 Å². The normalized spacial score (nSPS) is 16.1. The van der Waals surface area contributed by atoms with Crippen LogP contribution in [0.4, 0.5) is 5.00 Å². The predicted octanol–water partition coefficient (Wildman–Crippen LogP) is 5.33. The SMILES string of the molecule is CC1CCc2c(C#N)c(NC(=O)c3ccccc3I)sc(=S)c2C1. The van der Waals surface area contributed by atoms with Crippen molar-refractivity contribution in [3.05, 3.63) is 53.9 Å². The van der Waals surface area contributed by atoms with Crippen LogP contribution in [0.1, 0.15) is 40.4 Å². The van der Waals surface area contributed by atoms with E-state index in [2.05, 4.69) is 40.9 Å². The van der Waals surface area contributed by atoms with E-state index in [1.54, 1.807) is 6.07 Å². The van der Waals surface area contributed by atoms with Crippen molar-refractivity contribution in [3.8, 4) is 6.07 Å². The molecule has 1 heterocycles. The molecule has 0 saturated carbocycles. The number of anilines is 1. The summed E-state index contributed by atoms with van der Waals surface area (Å²) in [5, 5.41) is 13.1. The molecule has 3 rings (SSSR count). The number of amides is 1. The molecule has 0 fully saturated rings. The number of carbonyl (C=O) groups excluding carboxylic acids is 1. The molecule has 0 spiro atoms. The largest absolute Gasteiger partial charge is 0.312 e. The summed E-state index contributed by atoms with van der Waals surface area (Å²) in [7, 11) is 0. The Morgan fingerprint density at radius 2 is 2.17 bits per heavy atom. The van der Waals surface area contributed by atoms with E-state index in [0.717, 1.165) is 37.8 Å². The molecule has 2 aromatic rings. The maximum Gasteiger partial charge on any atom is 0.257 e. The molecule has 0 aliphatic heterocycles. The average molecular weight is 466 g/mol. The predicted molar refractivity (Wildman–Crippen MR) is 108 cm³/mol. The van der Waals surface area contributed by atoms with Gasteiger partial charge in [-0.2, -0.15) is 5.26 Å². The lowest BCUT2D eigenvalue weighted by Crippen LogP contribution is -2.17. The minimum Gasteiger partial charge on any atom is -0.312 e. The van der Waals surface area contributed by atoms with E-state index < -0.39 is 0 Å². The number of fused-ring (bicyclic) bond motifs is 1. The third-order valence-corrected chi connectivity index (χ3v) is 6.61. The molecule has 1 aliphatic rings. The van der Waals surface area contributed by atoms with Crippen molar-refractivity contribution in [3.63, 3.8) is 0 Å². The van der Waals surface area contributed by atoms with Crippen LogP contribution in [0.15, 0.2) is 24.3 Å². The fourth-order valence-electron chi connectivity index (χ4n) is 2.96. The molecule has 0 bridgehead atoms. The zero-order valence-corrected chi connectivity index (χ0v) is 16.8. The Bertz CT molecular complexity index is 914. The lowest BCUT2D eigenvalue weighted by Gasteiger charge is -2.23. The lowest BCUT2D eigenvalue weighted by atomic mass is 9.85. The summed E-state index contributed by atoms with van der Waals surface area (Å²) in [5.74, 6) is 0.385. The molecule has 1 N–H and O–H groups in total. The van der Waals surface area contributed by atoms with Crippen molar-refractivity contribution >= 4 is 57.1 Å². The molecule has 24 heavy (non-hydrogen) atoms. The van der Waals surface area contributed by atoms with Gasteiger partial charge < -0.3 is 5.32 Å². The standard InChI is InChI=1S/C18H15IN2OS2/c1-10-6-7-11-13(8-10)18(23)24-17(14(11)9-20)21-16(22)12-4-2-3-5-15(12)19/h2-5,10H,6-8H2,1H3,(H,21,22). The maximum atomic E-state index is 12.6. The van der Waals surface area contributed by atoms with Gasteiger partial charge in [-0.15, -0.1) is 11.3 Å². The molecule has 3 nitrogen and oxygen atoms in total. The number of benzene rings is 1. The summed E-state index contributed by atoms with van der Waals surface area (Å²) < 4.78 is 1.66. The second-order valence-electron chi connectivity index (χ2n) is 5.94. The third-order valence-electron chi connectivity index (χ3n) is 4.23. The molecule has 1 atom stereocenters. The van der Waals surface area contributed by atoms with Crippen molar-refractivity contribution in [1.29, 1.82) is 5.26 Å². The fraction of sp³-hybridized carbons (Fsp3) is 0.278. The Balaban J connectivity index is 2.02. The van der Waals surface area contributed by atoms with E-state index >= 15 is 0 Å². The summed E-state index contributed by atoms with van der Waals surface area (Å²) in [5.41, 5.74) is 3.33. The summed E-state index contributed by atoms with van der Waals surface area (Å²) in [6.45, 7) is 2.21. The van der Waals surface area contributed by atoms with E-state index in [1.165, 1.54) is 11.3 Å². The molecule has 1 aliphatic carbocycles. The molecular formula is C18H15IN2OS2. The van der Waals surface area contributed by atoms with Crippen molar-refractivity contribution in [2.45, 2.75) is 26.2 Å². The van der Waals surface area contributed by atoms with Crippen LogP contribution in [0.5, 0.6) is 0 Å². The Labute approximate surface area is 163 Å². The van der Waals surface area contributed by atoms with E-state index in [9.17, 15) is 10.1 Å². The van der Waals surface area contributed by atoms with Gasteiger partial charge in [0, 0.05) is 3.57 Å². The van der Waals surface area contributed by atoms with Crippen LogP contribution < -0.4 is 5.32 Å². The fourth-order valence-corrected chi connectivity index (χ4v) is 4.98. The lowest BCUT2D eigenvalue weighted by molar-refractivity contribution is 0.102. The zero-order chi connectivity index (χ0) is 17.3. The van der Waals surface area contributed by atoms with Gasteiger partial charge in [0.05, 0.1) is 15.0 Å². The highest BCUT2D eigenvalue weighted by Gasteiger charge is 2.23. The smallest absolute Gasteiger partial charge is 0.257 e. The number of hydrogen-bond acceptors (Lipinski definition) is 4. The molecule has 1 amide bonds. The monoisotopic (exact) mass is 466 g/mol. The van der Waals surface area contributed by atoms with Gasteiger partial charge in [0.2, 0.25) is 0 Å². The molecule has 1 aromatic carbocycles. The number of hydrogen-bond donors (Lipinski definition) is 1. The van der Waals surface area contributed by atoms with Gasteiger partial charge in [-0.3, -0.25) is 4.79 Å². The second kappa shape index (κ2) is 7.30. The zero-order valence-electron chi connectivity index (χ0n) is 13.1. The van der Waals surface area contributed by atoms with Gasteiger partial charge in [-0.05, 0) is 71.0 Å². The Kier molecular flexibility index (Phi) is 5.33. The van der Waals surface area contributed by atoms with Crippen LogP contribution in [0.2, 0.25) is 0 Å². The molecule has 1 unspecified atom stereocenters. The molecular weight excluding hydrogens is 451 g/mol. The van der Waals surface area contributed by atoms with E-state index in [1.807, 2.05) is 18.2 Å². The summed E-state index contributed by atoms with van der Waals surface area (Å²) >= 11 is 9.01. The number of carbonyl (C=O) groups is 1. The Morgan fingerprint density at radius 3 is 2.88 bits per heavy atom. The van der Waals surface area contributed by atoms with Crippen LogP contribution in [-0.2, 0) is 12.8 Å². The van der Waals surface area contributed by atoms with Gasteiger partial charge in [0.25, 0.3) is 5.91 Å². The van der Waals surface area contributed by atoms with Crippen molar-refractivity contribution < 1.29 is 4.79 Å². The second-order valence-corrected chi connectivity index (χ2v) is 8.79. The third kappa shape index (κ3) is 3.39. The molecule has 122 valence electrons. The molecule has 1 aromatic heterocycles. The van der Waals surface area contributed by atoms with Crippen molar-refractivity contribution in [2.24, 2.45) is 5.92 Å². The maximum absolute atomic E-state index is 12.6. The summed E-state index contributed by atoms with van der Waals surface area (Å²) in [6, 6.07) is 9.67. The van der Waals surface area contributed by atoms with E-state index in [4.69, 9.17) is 12.2 Å². The first kappa shape index (κ1) is 17.5. The number of nitriles is 1. The van der Waals surface area contributed by atoms with Gasteiger partial charge in [0.1, 0.15) is 11.1 Å². The quantitative estimate of drug-likeness (QED) is 0.481. The minimum absolute atomic E-state index is 0.203. The topological polar surface area (TPSA) is 52.9 Å². The number of halogens is 1. The summed E-state index contributed by atoms with van der Waals surface area (Å²) in [6.07, 6.45) is 2.82. The van der Waals surface area contributed by atoms with Crippen LogP contribution in [0.3, 0.4) is 0 Å². The van der Waals surface area contributed by atoms with Gasteiger partial charge >= 0.3 is 0 Å². The van der Waals surface area contributed by atoms with Crippen LogP contribution in [0.25, 0.3) is 0 Å². The van der Waals surface area contributed by atoms with Crippen LogP contribution >= 0.6 is 46.1 Å². The van der Waals surface area contributed by atoms with Crippen LogP contribution in [-0.4, -0.2) is 5.91 Å². The van der Waals surface area contributed by atoms with Crippen molar-refractivity contribution in [1.82, 2.24) is 0 Å².